The first kappa shape index (κ1) is 50.0. The highest BCUT2D eigenvalue weighted by Gasteiger charge is 2.52. The number of ether oxygens (including phenoxy) is 1. The molecule has 4 amide bonds. The minimum absolute atomic E-state index is 0.0979. The van der Waals surface area contributed by atoms with E-state index in [9.17, 15) is 64.8 Å². The molecule has 3 heterocycles. The van der Waals surface area contributed by atoms with Crippen LogP contribution in [0.3, 0.4) is 0 Å². The Morgan fingerprint density at radius 2 is 1.48 bits per heavy atom. The molecule has 65 heavy (non-hydrogen) atoms. The Morgan fingerprint density at radius 1 is 0.846 bits per heavy atom. The highest BCUT2D eigenvalue weighted by molar-refractivity contribution is 5.96. The van der Waals surface area contributed by atoms with E-state index in [1.165, 1.54) is 30.6 Å². The number of rotatable bonds is 20. The van der Waals surface area contributed by atoms with Gasteiger partial charge in [-0.25, -0.2) is 0 Å². The number of aromatic hydroxyl groups is 1. The first-order valence-electron chi connectivity index (χ1n) is 20.5. The number of phenols is 1. The first-order chi connectivity index (χ1) is 30.9. The number of guanidine groups is 2. The highest BCUT2D eigenvalue weighted by Crippen LogP contribution is 2.28. The number of carbonyl (C=O) groups is 4. The summed E-state index contributed by atoms with van der Waals surface area (Å²) in [7, 11) is 0. The maximum Gasteiger partial charge on any atom is 0.246 e. The van der Waals surface area contributed by atoms with Crippen LogP contribution < -0.4 is 43.0 Å². The van der Waals surface area contributed by atoms with Gasteiger partial charge in [0.05, 0.1) is 31.3 Å². The summed E-state index contributed by atoms with van der Waals surface area (Å²) >= 11 is 0. The molecule has 0 bridgehead atoms. The topological polar surface area (TPSA) is 418 Å². The molecule has 3 saturated heterocycles. The molecule has 15 atom stereocenters. The van der Waals surface area contributed by atoms with Crippen molar-refractivity contribution in [2.75, 3.05) is 26.3 Å². The number of nitrogens with zero attached hydrogens (tertiary/aromatic N) is 1. The lowest BCUT2D eigenvalue weighted by Gasteiger charge is -2.46. The van der Waals surface area contributed by atoms with Crippen molar-refractivity contribution in [2.24, 2.45) is 5.73 Å². The van der Waals surface area contributed by atoms with Crippen LogP contribution in [0.15, 0.2) is 54.6 Å². The molecule has 19 N–H and O–H groups in total. The lowest BCUT2D eigenvalue weighted by molar-refractivity contribution is -0.260. The van der Waals surface area contributed by atoms with Crippen LogP contribution in [0.4, 0.5) is 0 Å². The molecule has 3 aliphatic rings. The number of hydrogen-bond donors (Lipinski definition) is 18. The molecule has 25 nitrogen and oxygen atoms in total. The third-order valence-electron chi connectivity index (χ3n) is 11.5. The highest BCUT2D eigenvalue weighted by atomic mass is 16.6. The van der Waals surface area contributed by atoms with E-state index in [1.807, 2.05) is 0 Å². The molecule has 3 fully saturated rings. The van der Waals surface area contributed by atoms with Crippen LogP contribution in [0.1, 0.15) is 24.0 Å². The van der Waals surface area contributed by atoms with Gasteiger partial charge in [0.1, 0.15) is 66.5 Å². The molecule has 0 spiro atoms. The Hall–Kier alpha value is -6.03. The molecule has 2 aromatic carbocycles. The second-order valence-corrected chi connectivity index (χ2v) is 15.9. The Balaban J connectivity index is 1.48. The number of nitrogens with one attached hydrogen (secondary N) is 9. The average molecular weight is 915 g/mol. The van der Waals surface area contributed by atoms with Crippen LogP contribution in [0.2, 0.25) is 0 Å². The van der Waals surface area contributed by atoms with Gasteiger partial charge in [-0.3, -0.25) is 34.8 Å². The minimum Gasteiger partial charge on any atom is -0.508 e. The van der Waals surface area contributed by atoms with E-state index in [2.05, 4.69) is 37.2 Å². The SMILES string of the molecule is CC(c1ccccc1)C(N)C(=O)NC(Cc1ccc(O)cc1)C(=O)NC(C(=O)NC(C(=O)NC([C]=O)CO)C(O)C1CNC(=N)N1C1OC(CO)C(O)C(O)C1O)C(O)C1CNC(=N)N1. The van der Waals surface area contributed by atoms with Gasteiger partial charge < -0.3 is 93.4 Å². The van der Waals surface area contributed by atoms with E-state index in [4.69, 9.17) is 21.3 Å². The number of hydrogen-bond acceptors (Lipinski definition) is 17. The smallest absolute Gasteiger partial charge is 0.246 e. The van der Waals surface area contributed by atoms with Gasteiger partial charge in [0.25, 0.3) is 0 Å². The fraction of sp³-hybridized carbons (Fsp3) is 0.525. The predicted molar refractivity (Wildman–Crippen MR) is 225 cm³/mol. The number of nitrogens with two attached hydrogens (primary N) is 1. The predicted octanol–water partition coefficient (Wildman–Crippen LogP) is -7.67. The van der Waals surface area contributed by atoms with Gasteiger partial charge in [-0.2, -0.15) is 0 Å². The zero-order chi connectivity index (χ0) is 47.7. The maximum atomic E-state index is 14.5. The first-order valence-corrected chi connectivity index (χ1v) is 20.5. The van der Waals surface area contributed by atoms with E-state index < -0.39 is 140 Å². The lowest BCUT2D eigenvalue weighted by atomic mass is 9.93. The van der Waals surface area contributed by atoms with E-state index in [0.717, 1.165) is 10.5 Å². The Morgan fingerprint density at radius 3 is 2.08 bits per heavy atom. The minimum atomic E-state index is -2.19. The molecule has 15 unspecified atom stereocenters. The molecule has 2 aromatic rings. The third-order valence-corrected chi connectivity index (χ3v) is 11.5. The Bertz CT molecular complexity index is 2000. The van der Waals surface area contributed by atoms with Gasteiger partial charge in [-0.15, -0.1) is 0 Å². The summed E-state index contributed by atoms with van der Waals surface area (Å²) in [6, 6.07) is 3.09. The van der Waals surface area contributed by atoms with Crippen molar-refractivity contribution in [1.29, 1.82) is 10.8 Å². The molecular formula is C40H56N11O14. The molecule has 25 heteroatoms. The van der Waals surface area contributed by atoms with Crippen LogP contribution in [-0.2, 0) is 35.1 Å². The molecule has 5 rings (SSSR count). The molecule has 0 aromatic heterocycles. The number of benzene rings is 2. The summed E-state index contributed by atoms with van der Waals surface area (Å²) in [5.74, 6) is -5.96. The van der Waals surface area contributed by atoms with E-state index in [1.54, 1.807) is 37.3 Å². The lowest BCUT2D eigenvalue weighted by Crippen LogP contribution is -2.69. The average Bonchev–Trinajstić information content (AvgIpc) is 3.92. The van der Waals surface area contributed by atoms with Crippen LogP contribution in [0.25, 0.3) is 0 Å². The molecular weight excluding hydrogens is 859 g/mol. The van der Waals surface area contributed by atoms with Gasteiger partial charge in [0.15, 0.2) is 18.1 Å². The van der Waals surface area contributed by atoms with E-state index >= 15 is 0 Å². The van der Waals surface area contributed by atoms with Crippen molar-refractivity contribution in [3.05, 3.63) is 65.7 Å². The van der Waals surface area contributed by atoms with E-state index in [0.29, 0.717) is 5.56 Å². The summed E-state index contributed by atoms with van der Waals surface area (Å²) in [5, 5.41) is 118. The van der Waals surface area contributed by atoms with Crippen molar-refractivity contribution >= 4 is 41.8 Å². The second kappa shape index (κ2) is 22.2. The molecule has 0 aliphatic carbocycles. The van der Waals surface area contributed by atoms with Crippen molar-refractivity contribution in [3.8, 4) is 5.75 Å². The third kappa shape index (κ3) is 11.8. The second-order valence-electron chi connectivity index (χ2n) is 15.9. The van der Waals surface area contributed by atoms with Crippen molar-refractivity contribution < 1.29 is 69.6 Å². The fourth-order valence-electron chi connectivity index (χ4n) is 7.65. The Labute approximate surface area is 371 Å². The fourth-order valence-corrected chi connectivity index (χ4v) is 7.65. The molecule has 0 saturated carbocycles. The summed E-state index contributed by atoms with van der Waals surface area (Å²) in [4.78, 5) is 68.9. The number of carbonyl (C=O) groups excluding carboxylic acids is 5. The summed E-state index contributed by atoms with van der Waals surface area (Å²) < 4.78 is 5.60. The summed E-state index contributed by atoms with van der Waals surface area (Å²) in [5.41, 5.74) is 7.52. The molecule has 3 aliphatic heterocycles. The van der Waals surface area contributed by atoms with E-state index in [-0.39, 0.29) is 24.7 Å². The molecule has 1 radical (unpaired) electrons. The Kier molecular flexibility index (Phi) is 17.1. The number of aliphatic hydroxyl groups is 7. The summed E-state index contributed by atoms with van der Waals surface area (Å²) in [6.45, 7) is -0.678. The van der Waals surface area contributed by atoms with Gasteiger partial charge in [-0.1, -0.05) is 49.4 Å². The standard InChI is InChI=1S/C40H56N11O14/c1-17(19-5-3-2-4-6-19)26(41)35(62)47-22(11-18-7-9-21(55)10-8-18)34(61)49-27(29(56)23-12-44-39(42)48-23)37(64)50-28(36(63)46-20(14-52)15-53)30(57)24-13-45-40(43)51(24)38-33(60)32(59)31(58)25(16-54)65-38/h2-10,17,20,22-33,38,52,54-60H,11-14,16,41H2,1H3,(H2,43,45)(H,46,63)(H,47,62)(H,49,61)(H,50,64)(H3,42,44,48). The molecule has 355 valence electrons. The zero-order valence-corrected chi connectivity index (χ0v) is 34.9. The van der Waals surface area contributed by atoms with Gasteiger partial charge in [0.2, 0.25) is 29.9 Å². The van der Waals surface area contributed by atoms with Crippen molar-refractivity contribution in [3.63, 3.8) is 0 Å². The van der Waals surface area contributed by atoms with Crippen LogP contribution in [0.5, 0.6) is 5.75 Å². The quantitative estimate of drug-likeness (QED) is 0.0586. The number of aliphatic hydroxyl groups excluding tert-OH is 7. The largest absolute Gasteiger partial charge is 0.508 e. The monoisotopic (exact) mass is 914 g/mol. The van der Waals surface area contributed by atoms with Crippen LogP contribution >= 0.6 is 0 Å². The number of amides is 4. The number of phenolic OH excluding ortho intramolecular Hbond substituents is 1. The van der Waals surface area contributed by atoms with Crippen molar-refractivity contribution in [2.45, 2.75) is 104 Å². The van der Waals surface area contributed by atoms with Crippen LogP contribution in [-0.4, -0.2) is 199 Å². The van der Waals surface area contributed by atoms with Crippen LogP contribution in [0, 0.1) is 10.8 Å². The zero-order valence-electron chi connectivity index (χ0n) is 34.9. The summed E-state index contributed by atoms with van der Waals surface area (Å²) in [6.07, 6.45) is -11.9. The normalized spacial score (nSPS) is 26.7. The van der Waals surface area contributed by atoms with Gasteiger partial charge in [0, 0.05) is 25.4 Å². The maximum absolute atomic E-state index is 14.5. The van der Waals surface area contributed by atoms with Crippen molar-refractivity contribution in [1.82, 2.24) is 42.1 Å². The van der Waals surface area contributed by atoms with Gasteiger partial charge >= 0.3 is 0 Å². The van der Waals surface area contributed by atoms with Gasteiger partial charge in [-0.05, 0) is 23.3 Å².